The lowest BCUT2D eigenvalue weighted by atomic mass is 10.0. The lowest BCUT2D eigenvalue weighted by Gasteiger charge is -2.29. The Morgan fingerprint density at radius 2 is 2.06 bits per heavy atom. The predicted molar refractivity (Wildman–Crippen MR) is 132 cm³/mol. The number of thiol groups is 1. The molecule has 0 aliphatic rings. The van der Waals surface area contributed by atoms with Crippen molar-refractivity contribution < 1.29 is 13.6 Å². The smallest absolute Gasteiger partial charge is 0.227 e. The van der Waals surface area contributed by atoms with Crippen molar-refractivity contribution in [3.8, 4) is 17.3 Å². The van der Waals surface area contributed by atoms with E-state index in [2.05, 4.69) is 18.7 Å². The first-order chi connectivity index (χ1) is 16.5. The van der Waals surface area contributed by atoms with Crippen LogP contribution in [0.25, 0.3) is 16.2 Å². The summed E-state index contributed by atoms with van der Waals surface area (Å²) in [4.78, 5) is 20.6. The van der Waals surface area contributed by atoms with Gasteiger partial charge >= 0.3 is 0 Å². The van der Waals surface area contributed by atoms with E-state index >= 15 is 0 Å². The van der Waals surface area contributed by atoms with Crippen LogP contribution in [0.3, 0.4) is 0 Å². The van der Waals surface area contributed by atoms with Gasteiger partial charge in [-0.05, 0) is 36.8 Å². The number of aromatic nitrogens is 2. The minimum atomic E-state index is -0.927. The minimum absolute atomic E-state index is 0.0137. The Kier molecular flexibility index (Phi) is 7.29. The van der Waals surface area contributed by atoms with E-state index in [4.69, 9.17) is 10.2 Å². The molecule has 0 spiro atoms. The van der Waals surface area contributed by atoms with Crippen LogP contribution in [0.2, 0.25) is 0 Å². The van der Waals surface area contributed by atoms with Crippen LogP contribution in [0, 0.1) is 17.1 Å². The average molecular weight is 497 g/mol. The van der Waals surface area contributed by atoms with E-state index in [1.54, 1.807) is 17.0 Å². The average Bonchev–Trinajstić information content (AvgIpc) is 3.45. The first kappa shape index (κ1) is 23.9. The van der Waals surface area contributed by atoms with E-state index in [1.165, 1.54) is 29.5 Å². The molecule has 0 fully saturated rings. The number of alkyl halides is 1. The molecule has 2 heterocycles. The Hall–Kier alpha value is -3.22. The number of imidazole rings is 1. The molecule has 174 valence electrons. The normalized spacial score (nSPS) is 12.0. The van der Waals surface area contributed by atoms with Crippen LogP contribution >= 0.6 is 24.0 Å². The molecule has 9 heteroatoms. The van der Waals surface area contributed by atoms with Crippen LogP contribution in [0.4, 0.5) is 8.78 Å². The maximum atomic E-state index is 13.7. The van der Waals surface area contributed by atoms with Gasteiger partial charge in [0.1, 0.15) is 12.5 Å². The molecule has 2 aromatic carbocycles. The van der Waals surface area contributed by atoms with Gasteiger partial charge in [0.15, 0.2) is 4.96 Å². The zero-order chi connectivity index (χ0) is 24.2. The molecule has 0 aliphatic heterocycles. The van der Waals surface area contributed by atoms with Gasteiger partial charge in [0.05, 0.1) is 35.5 Å². The van der Waals surface area contributed by atoms with E-state index in [9.17, 15) is 13.6 Å². The number of hydrogen-bond donors (Lipinski definition) is 1. The van der Waals surface area contributed by atoms with Crippen LogP contribution in [0.15, 0.2) is 54.0 Å². The van der Waals surface area contributed by atoms with Crippen molar-refractivity contribution in [3.63, 3.8) is 0 Å². The highest BCUT2D eigenvalue weighted by molar-refractivity contribution is 7.80. The van der Waals surface area contributed by atoms with Crippen molar-refractivity contribution in [1.29, 1.82) is 5.26 Å². The second-order valence-electron chi connectivity index (χ2n) is 7.81. The number of carbonyl (C=O) groups excluding carboxylic acids is 1. The Bertz CT molecular complexity index is 1360. The van der Waals surface area contributed by atoms with Gasteiger partial charge in [-0.1, -0.05) is 18.2 Å². The molecule has 0 aliphatic carbocycles. The van der Waals surface area contributed by atoms with Gasteiger partial charge in [-0.2, -0.15) is 17.9 Å². The van der Waals surface area contributed by atoms with Gasteiger partial charge in [-0.15, -0.1) is 11.3 Å². The highest BCUT2D eigenvalue weighted by Crippen LogP contribution is 2.34. The highest BCUT2D eigenvalue weighted by atomic mass is 32.1. The lowest BCUT2D eigenvalue weighted by molar-refractivity contribution is -0.132. The van der Waals surface area contributed by atoms with Crippen molar-refractivity contribution in [2.75, 3.05) is 12.3 Å². The Morgan fingerprint density at radius 1 is 1.29 bits per heavy atom. The third-order valence-corrected chi connectivity index (χ3v) is 6.67. The largest absolute Gasteiger partial charge is 0.333 e. The summed E-state index contributed by atoms with van der Waals surface area (Å²) in [7, 11) is 0. The molecule has 0 saturated carbocycles. The third-order valence-electron chi connectivity index (χ3n) is 5.71. The first-order valence-electron chi connectivity index (χ1n) is 10.7. The maximum Gasteiger partial charge on any atom is 0.227 e. The topological polar surface area (TPSA) is 61.4 Å². The summed E-state index contributed by atoms with van der Waals surface area (Å²) in [5.41, 5.74) is 3.52. The van der Waals surface area contributed by atoms with Crippen molar-refractivity contribution in [3.05, 3.63) is 82.2 Å². The fourth-order valence-electron chi connectivity index (χ4n) is 3.99. The van der Waals surface area contributed by atoms with Crippen molar-refractivity contribution in [2.24, 2.45) is 0 Å². The van der Waals surface area contributed by atoms with E-state index in [-0.39, 0.29) is 23.9 Å². The molecular formula is C25H22F2N4OS2. The van der Waals surface area contributed by atoms with Gasteiger partial charge in [0, 0.05) is 35.0 Å². The van der Waals surface area contributed by atoms with Crippen LogP contribution < -0.4 is 0 Å². The number of halogens is 2. The first-order valence-corrected chi connectivity index (χ1v) is 12.2. The summed E-state index contributed by atoms with van der Waals surface area (Å²) in [6.07, 6.45) is 1.94. The zero-order valence-electron chi connectivity index (χ0n) is 18.4. The van der Waals surface area contributed by atoms with Gasteiger partial charge in [0.2, 0.25) is 5.91 Å². The summed E-state index contributed by atoms with van der Waals surface area (Å²) in [5, 5.41) is 11.1. The summed E-state index contributed by atoms with van der Waals surface area (Å²) in [6, 6.07) is 13.1. The second-order valence-corrected chi connectivity index (χ2v) is 9.13. The van der Waals surface area contributed by atoms with E-state index < -0.39 is 12.5 Å². The highest BCUT2D eigenvalue weighted by Gasteiger charge is 2.27. The predicted octanol–water partition coefficient (Wildman–Crippen LogP) is 5.61. The summed E-state index contributed by atoms with van der Waals surface area (Å²) in [6.45, 7) is 1.38. The number of nitrogens with zero attached hydrogens (tertiary/aromatic N) is 4. The Labute approximate surface area is 205 Å². The molecule has 0 bridgehead atoms. The van der Waals surface area contributed by atoms with Crippen molar-refractivity contribution in [1.82, 2.24) is 14.3 Å². The number of benzene rings is 2. The SMILES string of the molecule is C[C@H](c1nc2sccn2c1-c1ccc(C#N)cc1)N(CCS)C(=O)Cc1ccc(F)c(CF)c1. The van der Waals surface area contributed by atoms with Gasteiger partial charge in [-0.3, -0.25) is 9.20 Å². The van der Waals surface area contributed by atoms with Crippen molar-refractivity contribution in [2.45, 2.75) is 26.1 Å². The molecule has 0 unspecified atom stereocenters. The van der Waals surface area contributed by atoms with Gasteiger partial charge in [-0.25, -0.2) is 13.8 Å². The molecule has 4 rings (SSSR count). The number of carbonyl (C=O) groups is 1. The Morgan fingerprint density at radius 3 is 2.74 bits per heavy atom. The monoisotopic (exact) mass is 496 g/mol. The maximum absolute atomic E-state index is 13.7. The molecule has 0 N–H and O–H groups in total. The van der Waals surface area contributed by atoms with Crippen LogP contribution in [0.1, 0.15) is 35.3 Å². The van der Waals surface area contributed by atoms with Crippen LogP contribution in [-0.2, 0) is 17.9 Å². The quantitative estimate of drug-likeness (QED) is 0.323. The van der Waals surface area contributed by atoms with Crippen LogP contribution in [-0.4, -0.2) is 32.5 Å². The molecule has 4 aromatic rings. The standard InChI is InChI=1S/C25H22F2N4OS2/c1-16(30(8-10-33)22(32)13-18-4-7-21(27)20(12-18)14-26)23-24(31-9-11-34-25(31)29-23)19-5-2-17(15-28)3-6-19/h2-7,9,11-12,16,33H,8,10,13-14H2,1H3/t16-/m1/s1. The Balaban J connectivity index is 1.69. The number of hydrogen-bond acceptors (Lipinski definition) is 5. The molecule has 5 nitrogen and oxygen atoms in total. The fraction of sp³-hybridized carbons (Fsp3) is 0.240. The second kappa shape index (κ2) is 10.4. The third kappa shape index (κ3) is 4.69. The number of nitriles is 1. The number of fused-ring (bicyclic) bond motifs is 1. The van der Waals surface area contributed by atoms with Gasteiger partial charge in [0.25, 0.3) is 0 Å². The molecular weight excluding hydrogens is 474 g/mol. The molecule has 0 saturated heterocycles. The zero-order valence-corrected chi connectivity index (χ0v) is 20.1. The minimum Gasteiger partial charge on any atom is -0.333 e. The van der Waals surface area contributed by atoms with E-state index in [1.807, 2.05) is 35.0 Å². The van der Waals surface area contributed by atoms with Crippen LogP contribution in [0.5, 0.6) is 0 Å². The number of amides is 1. The summed E-state index contributed by atoms with van der Waals surface area (Å²) >= 11 is 5.83. The number of thiazole rings is 1. The molecule has 0 radical (unpaired) electrons. The summed E-state index contributed by atoms with van der Waals surface area (Å²) in [5.74, 6) is -0.353. The van der Waals surface area contributed by atoms with Crippen molar-refractivity contribution >= 4 is 34.8 Å². The van der Waals surface area contributed by atoms with Gasteiger partial charge < -0.3 is 4.90 Å². The van der Waals surface area contributed by atoms with E-state index in [0.717, 1.165) is 21.9 Å². The lowest BCUT2D eigenvalue weighted by Crippen LogP contribution is -2.36. The molecule has 1 atom stereocenters. The molecule has 2 aromatic heterocycles. The molecule has 34 heavy (non-hydrogen) atoms. The number of rotatable bonds is 8. The van der Waals surface area contributed by atoms with E-state index in [0.29, 0.717) is 23.4 Å². The molecule has 1 amide bonds. The fourth-order valence-corrected chi connectivity index (χ4v) is 4.93. The summed E-state index contributed by atoms with van der Waals surface area (Å²) < 4.78 is 28.8.